The Balaban J connectivity index is 1.69. The summed E-state index contributed by atoms with van der Waals surface area (Å²) in [7, 11) is 0. The standard InChI is InChI=1S/C19H21N3O2/c1-12(2)13-3-5-15(6-4-13)21-18(23)14-9-10-20-17(11-14)19(24)22-16-7-8-16/h3-6,9-12,16H,7-8H2,1-2H3,(H,21,23)(H,22,24). The number of amides is 2. The van der Waals surface area contributed by atoms with E-state index in [1.54, 1.807) is 6.07 Å². The summed E-state index contributed by atoms with van der Waals surface area (Å²) in [6.45, 7) is 4.25. The molecule has 0 aliphatic heterocycles. The van der Waals surface area contributed by atoms with E-state index in [0.29, 0.717) is 11.5 Å². The molecule has 124 valence electrons. The minimum Gasteiger partial charge on any atom is -0.348 e. The first kappa shape index (κ1) is 16.2. The lowest BCUT2D eigenvalue weighted by Gasteiger charge is -2.09. The van der Waals surface area contributed by atoms with E-state index < -0.39 is 0 Å². The fourth-order valence-electron chi connectivity index (χ4n) is 2.34. The highest BCUT2D eigenvalue weighted by Crippen LogP contribution is 2.20. The maximum Gasteiger partial charge on any atom is 0.270 e. The van der Waals surface area contributed by atoms with Crippen LogP contribution in [0.5, 0.6) is 0 Å². The molecule has 0 unspecified atom stereocenters. The van der Waals surface area contributed by atoms with Crippen LogP contribution in [0.2, 0.25) is 0 Å². The highest BCUT2D eigenvalue weighted by atomic mass is 16.2. The molecule has 0 spiro atoms. The van der Waals surface area contributed by atoms with Crippen molar-refractivity contribution in [3.63, 3.8) is 0 Å². The zero-order valence-corrected chi connectivity index (χ0v) is 13.9. The highest BCUT2D eigenvalue weighted by Gasteiger charge is 2.24. The van der Waals surface area contributed by atoms with Crippen LogP contribution >= 0.6 is 0 Å². The quantitative estimate of drug-likeness (QED) is 0.886. The number of benzene rings is 1. The van der Waals surface area contributed by atoms with Crippen LogP contribution < -0.4 is 10.6 Å². The predicted molar refractivity (Wildman–Crippen MR) is 93.2 cm³/mol. The molecule has 0 atom stereocenters. The topological polar surface area (TPSA) is 71.1 Å². The number of nitrogens with one attached hydrogen (secondary N) is 2. The normalized spacial score (nSPS) is 13.6. The Labute approximate surface area is 141 Å². The first-order chi connectivity index (χ1) is 11.5. The third-order valence-corrected chi connectivity index (χ3v) is 4.00. The molecule has 0 radical (unpaired) electrons. The van der Waals surface area contributed by atoms with Crippen molar-refractivity contribution in [2.45, 2.75) is 38.6 Å². The molecule has 1 aliphatic rings. The number of hydrogen-bond acceptors (Lipinski definition) is 3. The van der Waals surface area contributed by atoms with Gasteiger partial charge in [-0.25, -0.2) is 0 Å². The van der Waals surface area contributed by atoms with Crippen molar-refractivity contribution in [1.82, 2.24) is 10.3 Å². The van der Waals surface area contributed by atoms with Crippen molar-refractivity contribution in [1.29, 1.82) is 0 Å². The maximum absolute atomic E-state index is 12.4. The van der Waals surface area contributed by atoms with Crippen molar-refractivity contribution >= 4 is 17.5 Å². The van der Waals surface area contributed by atoms with Crippen molar-refractivity contribution in [2.75, 3.05) is 5.32 Å². The number of carbonyl (C=O) groups is 2. The summed E-state index contributed by atoms with van der Waals surface area (Å²) in [6, 6.07) is 11.2. The van der Waals surface area contributed by atoms with Crippen LogP contribution in [0, 0.1) is 0 Å². The number of rotatable bonds is 5. The molecule has 2 N–H and O–H groups in total. The van der Waals surface area contributed by atoms with Gasteiger partial charge in [0.15, 0.2) is 0 Å². The summed E-state index contributed by atoms with van der Waals surface area (Å²) in [4.78, 5) is 28.4. The van der Waals surface area contributed by atoms with Gasteiger partial charge in [0.1, 0.15) is 5.69 Å². The molecule has 1 fully saturated rings. The zero-order chi connectivity index (χ0) is 17.1. The average molecular weight is 323 g/mol. The Bertz CT molecular complexity index is 749. The lowest BCUT2D eigenvalue weighted by Crippen LogP contribution is -2.26. The van der Waals surface area contributed by atoms with Crippen LogP contribution in [0.3, 0.4) is 0 Å². The monoisotopic (exact) mass is 323 g/mol. The molecular formula is C19H21N3O2. The van der Waals surface area contributed by atoms with Gasteiger partial charge in [-0.1, -0.05) is 26.0 Å². The Morgan fingerprint density at radius 3 is 2.42 bits per heavy atom. The molecule has 5 heteroatoms. The van der Waals surface area contributed by atoms with Gasteiger partial charge in [-0.2, -0.15) is 0 Å². The second kappa shape index (κ2) is 6.83. The lowest BCUT2D eigenvalue weighted by atomic mass is 10.0. The average Bonchev–Trinajstić information content (AvgIpc) is 3.39. The van der Waals surface area contributed by atoms with E-state index in [4.69, 9.17) is 0 Å². The second-order valence-electron chi connectivity index (χ2n) is 6.41. The summed E-state index contributed by atoms with van der Waals surface area (Å²) in [5.41, 5.74) is 2.63. The van der Waals surface area contributed by atoms with Crippen LogP contribution in [-0.2, 0) is 0 Å². The van der Waals surface area contributed by atoms with Gasteiger partial charge in [0.2, 0.25) is 0 Å². The van der Waals surface area contributed by atoms with Gasteiger partial charge in [-0.05, 0) is 48.6 Å². The lowest BCUT2D eigenvalue weighted by molar-refractivity contribution is 0.0946. The molecule has 24 heavy (non-hydrogen) atoms. The van der Waals surface area contributed by atoms with Gasteiger partial charge in [-0.15, -0.1) is 0 Å². The van der Waals surface area contributed by atoms with E-state index in [-0.39, 0.29) is 23.6 Å². The van der Waals surface area contributed by atoms with Crippen LogP contribution in [0.15, 0.2) is 42.6 Å². The molecule has 5 nitrogen and oxygen atoms in total. The Hall–Kier alpha value is -2.69. The first-order valence-corrected chi connectivity index (χ1v) is 8.21. The van der Waals surface area contributed by atoms with Crippen molar-refractivity contribution < 1.29 is 9.59 Å². The van der Waals surface area contributed by atoms with Gasteiger partial charge in [0, 0.05) is 23.5 Å². The zero-order valence-electron chi connectivity index (χ0n) is 13.9. The highest BCUT2D eigenvalue weighted by molar-refractivity contribution is 6.05. The Morgan fingerprint density at radius 2 is 1.79 bits per heavy atom. The summed E-state index contributed by atoms with van der Waals surface area (Å²) >= 11 is 0. The minimum absolute atomic E-state index is 0.228. The van der Waals surface area contributed by atoms with E-state index in [1.807, 2.05) is 24.3 Å². The summed E-state index contributed by atoms with van der Waals surface area (Å²) in [5.74, 6) is -0.0360. The molecule has 1 saturated carbocycles. The second-order valence-corrected chi connectivity index (χ2v) is 6.41. The van der Waals surface area contributed by atoms with Gasteiger partial charge in [0.25, 0.3) is 11.8 Å². The largest absolute Gasteiger partial charge is 0.348 e. The number of hydrogen-bond donors (Lipinski definition) is 2. The number of pyridine rings is 1. The minimum atomic E-state index is -0.254. The molecule has 1 heterocycles. The maximum atomic E-state index is 12.4. The van der Waals surface area contributed by atoms with E-state index in [0.717, 1.165) is 18.5 Å². The molecule has 0 saturated heterocycles. The van der Waals surface area contributed by atoms with Gasteiger partial charge in [0.05, 0.1) is 0 Å². The van der Waals surface area contributed by atoms with Gasteiger partial charge >= 0.3 is 0 Å². The van der Waals surface area contributed by atoms with Crippen LogP contribution in [0.25, 0.3) is 0 Å². The Kier molecular flexibility index (Phi) is 4.60. The van der Waals surface area contributed by atoms with Gasteiger partial charge in [-0.3, -0.25) is 14.6 Å². The number of carbonyl (C=O) groups excluding carboxylic acids is 2. The van der Waals surface area contributed by atoms with Crippen molar-refractivity contribution in [3.8, 4) is 0 Å². The van der Waals surface area contributed by atoms with E-state index in [9.17, 15) is 9.59 Å². The summed E-state index contributed by atoms with van der Waals surface area (Å²) in [6.07, 6.45) is 3.51. The molecule has 1 aliphatic carbocycles. The number of anilines is 1. The van der Waals surface area contributed by atoms with Crippen LogP contribution in [-0.4, -0.2) is 22.8 Å². The number of nitrogens with zero attached hydrogens (tertiary/aromatic N) is 1. The Morgan fingerprint density at radius 1 is 1.08 bits per heavy atom. The molecule has 0 bridgehead atoms. The third kappa shape index (κ3) is 3.98. The molecular weight excluding hydrogens is 302 g/mol. The fourth-order valence-corrected chi connectivity index (χ4v) is 2.34. The van der Waals surface area contributed by atoms with Crippen molar-refractivity contribution in [2.24, 2.45) is 0 Å². The first-order valence-electron chi connectivity index (χ1n) is 8.21. The molecule has 1 aromatic heterocycles. The smallest absolute Gasteiger partial charge is 0.270 e. The van der Waals surface area contributed by atoms with E-state index in [1.165, 1.54) is 17.8 Å². The molecule has 2 aromatic rings. The van der Waals surface area contributed by atoms with Gasteiger partial charge < -0.3 is 10.6 Å². The predicted octanol–water partition coefficient (Wildman–Crippen LogP) is 3.35. The molecule has 1 aromatic carbocycles. The third-order valence-electron chi connectivity index (χ3n) is 4.00. The summed E-state index contributed by atoms with van der Waals surface area (Å²) in [5, 5.41) is 5.71. The molecule has 2 amide bonds. The van der Waals surface area contributed by atoms with Crippen LogP contribution in [0.4, 0.5) is 5.69 Å². The molecule has 3 rings (SSSR count). The van der Waals surface area contributed by atoms with Crippen molar-refractivity contribution in [3.05, 3.63) is 59.4 Å². The van der Waals surface area contributed by atoms with Crippen LogP contribution in [0.1, 0.15) is 59.0 Å². The summed E-state index contributed by atoms with van der Waals surface area (Å²) < 4.78 is 0. The fraction of sp³-hybridized carbons (Fsp3) is 0.316. The SMILES string of the molecule is CC(C)c1ccc(NC(=O)c2ccnc(C(=O)NC3CC3)c2)cc1. The van der Waals surface area contributed by atoms with E-state index in [2.05, 4.69) is 29.5 Å². The van der Waals surface area contributed by atoms with E-state index >= 15 is 0 Å². The number of aromatic nitrogens is 1.